The molecule has 2 rings (SSSR count). The van der Waals surface area contributed by atoms with Crippen LogP contribution in [0.15, 0.2) is 24.3 Å². The summed E-state index contributed by atoms with van der Waals surface area (Å²) in [6.07, 6.45) is 0. The van der Waals surface area contributed by atoms with E-state index in [9.17, 15) is 0 Å². The fraction of sp³-hybridized carbons (Fsp3) is 0.368. The van der Waals surface area contributed by atoms with Gasteiger partial charge in [-0.25, -0.2) is 0 Å². The smallest absolute Gasteiger partial charge is 0.0590 e. The molecular formula is C19H24IN. The third-order valence-electron chi connectivity index (χ3n) is 4.53. The number of aryl methyl sites for hydroxylation is 3. The third-order valence-corrected chi connectivity index (χ3v) is 6.01. The van der Waals surface area contributed by atoms with E-state index in [1.807, 2.05) is 0 Å². The first-order valence-corrected chi connectivity index (χ1v) is 8.46. The van der Waals surface area contributed by atoms with Crippen LogP contribution in [0.2, 0.25) is 0 Å². The molecule has 0 aromatic heterocycles. The largest absolute Gasteiger partial charge is 0.309 e. The van der Waals surface area contributed by atoms with Gasteiger partial charge in [0.25, 0.3) is 0 Å². The number of halogens is 1. The van der Waals surface area contributed by atoms with Crippen LogP contribution in [-0.4, -0.2) is 7.05 Å². The van der Waals surface area contributed by atoms with Gasteiger partial charge in [0.2, 0.25) is 0 Å². The summed E-state index contributed by atoms with van der Waals surface area (Å²) in [5.41, 5.74) is 9.68. The molecule has 1 unspecified atom stereocenters. The molecule has 0 saturated heterocycles. The zero-order valence-electron chi connectivity index (χ0n) is 13.8. The van der Waals surface area contributed by atoms with E-state index < -0.39 is 0 Å². The van der Waals surface area contributed by atoms with Crippen molar-refractivity contribution in [2.45, 2.75) is 40.7 Å². The van der Waals surface area contributed by atoms with Crippen LogP contribution in [0.4, 0.5) is 0 Å². The highest BCUT2D eigenvalue weighted by molar-refractivity contribution is 14.1. The third kappa shape index (κ3) is 3.02. The maximum atomic E-state index is 3.53. The maximum Gasteiger partial charge on any atom is 0.0590 e. The number of hydrogen-bond donors (Lipinski definition) is 1. The summed E-state index contributed by atoms with van der Waals surface area (Å²) < 4.78 is 1.35. The average Bonchev–Trinajstić information content (AvgIpc) is 2.45. The molecule has 112 valence electrons. The van der Waals surface area contributed by atoms with E-state index in [0.29, 0.717) is 0 Å². The Balaban J connectivity index is 2.71. The topological polar surface area (TPSA) is 12.0 Å². The van der Waals surface area contributed by atoms with Crippen LogP contribution in [0.25, 0.3) is 0 Å². The van der Waals surface area contributed by atoms with Gasteiger partial charge in [0.15, 0.2) is 0 Å². The van der Waals surface area contributed by atoms with Crippen LogP contribution in [0.1, 0.15) is 45.0 Å². The molecule has 0 radical (unpaired) electrons. The van der Waals surface area contributed by atoms with Crippen molar-refractivity contribution in [1.29, 1.82) is 0 Å². The van der Waals surface area contributed by atoms with Crippen molar-refractivity contribution in [3.8, 4) is 0 Å². The van der Waals surface area contributed by atoms with E-state index in [1.165, 1.54) is 42.5 Å². The lowest BCUT2D eigenvalue weighted by molar-refractivity contribution is 0.677. The Labute approximate surface area is 142 Å². The standard InChI is InChI=1S/C19H24IN/c1-11-8-7-9-16(18(11)20)19(21-6)17-14(4)12(2)10-13(3)15(17)5/h7-10,19,21H,1-6H3. The first kappa shape index (κ1) is 16.5. The Hall–Kier alpha value is -0.870. The molecule has 0 bridgehead atoms. The van der Waals surface area contributed by atoms with E-state index in [4.69, 9.17) is 0 Å². The minimum absolute atomic E-state index is 0.246. The van der Waals surface area contributed by atoms with Gasteiger partial charge in [-0.1, -0.05) is 24.3 Å². The Kier molecular flexibility index (Phi) is 5.10. The van der Waals surface area contributed by atoms with E-state index in [0.717, 1.165) is 0 Å². The van der Waals surface area contributed by atoms with E-state index in [-0.39, 0.29) is 6.04 Å². The molecule has 0 saturated carbocycles. The molecule has 0 aliphatic rings. The molecule has 0 heterocycles. The van der Waals surface area contributed by atoms with Crippen LogP contribution in [0.5, 0.6) is 0 Å². The summed E-state index contributed by atoms with van der Waals surface area (Å²) in [4.78, 5) is 0. The van der Waals surface area contributed by atoms with Gasteiger partial charge in [0, 0.05) is 3.57 Å². The number of nitrogens with one attached hydrogen (secondary N) is 1. The average molecular weight is 393 g/mol. The Bertz CT molecular complexity index is 648. The lowest BCUT2D eigenvalue weighted by atomic mass is 9.86. The summed E-state index contributed by atoms with van der Waals surface area (Å²) in [7, 11) is 2.06. The van der Waals surface area contributed by atoms with Crippen LogP contribution in [0, 0.1) is 38.2 Å². The van der Waals surface area contributed by atoms with Gasteiger partial charge in [0.05, 0.1) is 6.04 Å². The highest BCUT2D eigenvalue weighted by atomic mass is 127. The molecule has 2 heteroatoms. The highest BCUT2D eigenvalue weighted by Gasteiger charge is 2.21. The van der Waals surface area contributed by atoms with Crippen molar-refractivity contribution in [2.24, 2.45) is 0 Å². The summed E-state index contributed by atoms with van der Waals surface area (Å²) in [6, 6.07) is 9.12. The fourth-order valence-corrected chi connectivity index (χ4v) is 3.70. The quantitative estimate of drug-likeness (QED) is 0.712. The fourth-order valence-electron chi connectivity index (χ4n) is 3.03. The van der Waals surface area contributed by atoms with Crippen molar-refractivity contribution >= 4 is 22.6 Å². The molecule has 2 aromatic carbocycles. The van der Waals surface area contributed by atoms with Gasteiger partial charge in [-0.15, -0.1) is 0 Å². The molecule has 0 aliphatic heterocycles. The molecule has 1 nitrogen and oxygen atoms in total. The van der Waals surface area contributed by atoms with E-state index >= 15 is 0 Å². The van der Waals surface area contributed by atoms with Gasteiger partial charge in [-0.05, 0) is 103 Å². The number of rotatable bonds is 3. The predicted molar refractivity (Wildman–Crippen MR) is 100 cm³/mol. The Morgan fingerprint density at radius 3 is 2.00 bits per heavy atom. The monoisotopic (exact) mass is 393 g/mol. The second-order valence-corrected chi connectivity index (χ2v) is 6.95. The lowest BCUT2D eigenvalue weighted by Crippen LogP contribution is -2.22. The zero-order valence-corrected chi connectivity index (χ0v) is 15.9. The minimum atomic E-state index is 0.246. The van der Waals surface area contributed by atoms with Gasteiger partial charge in [0.1, 0.15) is 0 Å². The van der Waals surface area contributed by atoms with Crippen LogP contribution >= 0.6 is 22.6 Å². The van der Waals surface area contributed by atoms with Crippen molar-refractivity contribution in [3.63, 3.8) is 0 Å². The van der Waals surface area contributed by atoms with Crippen molar-refractivity contribution in [2.75, 3.05) is 7.05 Å². The lowest BCUT2D eigenvalue weighted by Gasteiger charge is -2.25. The molecule has 1 N–H and O–H groups in total. The van der Waals surface area contributed by atoms with Crippen molar-refractivity contribution in [1.82, 2.24) is 5.32 Å². The Morgan fingerprint density at radius 1 is 0.905 bits per heavy atom. The molecule has 2 aromatic rings. The molecule has 1 atom stereocenters. The summed E-state index contributed by atoms with van der Waals surface area (Å²) in [5.74, 6) is 0. The Morgan fingerprint density at radius 2 is 1.48 bits per heavy atom. The zero-order chi connectivity index (χ0) is 15.7. The minimum Gasteiger partial charge on any atom is -0.309 e. The summed E-state index contributed by atoms with van der Waals surface area (Å²) in [6.45, 7) is 11.1. The summed E-state index contributed by atoms with van der Waals surface area (Å²) in [5, 5.41) is 3.53. The van der Waals surface area contributed by atoms with Gasteiger partial charge >= 0.3 is 0 Å². The van der Waals surface area contributed by atoms with Crippen LogP contribution in [-0.2, 0) is 0 Å². The molecule has 0 aliphatic carbocycles. The first-order chi connectivity index (χ1) is 9.88. The molecule has 0 amide bonds. The molecule has 21 heavy (non-hydrogen) atoms. The molecule has 0 spiro atoms. The summed E-state index contributed by atoms with van der Waals surface area (Å²) >= 11 is 2.47. The van der Waals surface area contributed by atoms with Crippen LogP contribution < -0.4 is 5.32 Å². The predicted octanol–water partition coefficient (Wildman–Crippen LogP) is 5.14. The van der Waals surface area contributed by atoms with Crippen molar-refractivity contribution < 1.29 is 0 Å². The number of benzene rings is 2. The SMILES string of the molecule is CNC(c1cccc(C)c1I)c1c(C)c(C)cc(C)c1C. The van der Waals surface area contributed by atoms with Gasteiger partial charge < -0.3 is 5.32 Å². The number of hydrogen-bond acceptors (Lipinski definition) is 1. The van der Waals surface area contributed by atoms with E-state index in [1.54, 1.807) is 0 Å². The van der Waals surface area contributed by atoms with Crippen molar-refractivity contribution in [3.05, 3.63) is 66.8 Å². The first-order valence-electron chi connectivity index (χ1n) is 7.38. The molecule has 0 fully saturated rings. The molecular weight excluding hydrogens is 369 g/mol. The normalized spacial score (nSPS) is 12.5. The second kappa shape index (κ2) is 6.49. The van der Waals surface area contributed by atoms with E-state index in [2.05, 4.69) is 93.8 Å². The van der Waals surface area contributed by atoms with Gasteiger partial charge in [-0.3, -0.25) is 0 Å². The maximum absolute atomic E-state index is 3.53. The second-order valence-electron chi connectivity index (χ2n) is 5.87. The van der Waals surface area contributed by atoms with Gasteiger partial charge in [-0.2, -0.15) is 0 Å². The van der Waals surface area contributed by atoms with Crippen LogP contribution in [0.3, 0.4) is 0 Å². The highest BCUT2D eigenvalue weighted by Crippen LogP contribution is 2.34.